The first kappa shape index (κ1) is 25.7. The Morgan fingerprint density at radius 2 is 1.72 bits per heavy atom. The highest BCUT2D eigenvalue weighted by Gasteiger charge is 2.30. The van der Waals surface area contributed by atoms with Crippen LogP contribution in [0, 0.1) is 13.8 Å². The van der Waals surface area contributed by atoms with Crippen molar-refractivity contribution in [2.24, 2.45) is 0 Å². The zero-order valence-corrected chi connectivity index (χ0v) is 20.6. The monoisotopic (exact) mass is 479 g/mol. The molecule has 32 heavy (non-hydrogen) atoms. The van der Waals surface area contributed by atoms with Gasteiger partial charge in [0.15, 0.2) is 0 Å². The van der Waals surface area contributed by atoms with E-state index in [0.717, 1.165) is 27.3 Å². The van der Waals surface area contributed by atoms with Crippen molar-refractivity contribution in [2.45, 2.75) is 40.3 Å². The molecule has 2 rings (SSSR count). The molecule has 0 fully saturated rings. The van der Waals surface area contributed by atoms with Crippen molar-refractivity contribution in [1.82, 2.24) is 10.2 Å². The molecule has 1 N–H and O–H groups in total. The van der Waals surface area contributed by atoms with Crippen LogP contribution in [0.1, 0.15) is 30.5 Å². The SMILES string of the molecule is CCNC(=O)[C@H](C)N(Cc1ccc(Cl)cc1)C(=O)CN(c1cc(C)ccc1C)S(C)(=O)=O. The fraction of sp³-hybridized carbons (Fsp3) is 0.391. The van der Waals surface area contributed by atoms with Gasteiger partial charge in [0.05, 0.1) is 11.9 Å². The van der Waals surface area contributed by atoms with E-state index in [0.29, 0.717) is 17.3 Å². The average molecular weight is 480 g/mol. The number of rotatable bonds is 9. The maximum Gasteiger partial charge on any atom is 0.244 e. The highest BCUT2D eigenvalue weighted by Crippen LogP contribution is 2.24. The van der Waals surface area contributed by atoms with Gasteiger partial charge in [0, 0.05) is 18.1 Å². The molecule has 2 aromatic rings. The largest absolute Gasteiger partial charge is 0.355 e. The van der Waals surface area contributed by atoms with Crippen molar-refractivity contribution >= 4 is 39.1 Å². The summed E-state index contributed by atoms with van der Waals surface area (Å²) < 4.78 is 26.3. The maximum absolute atomic E-state index is 13.4. The van der Waals surface area contributed by atoms with Crippen LogP contribution in [0.15, 0.2) is 42.5 Å². The van der Waals surface area contributed by atoms with E-state index in [1.165, 1.54) is 4.90 Å². The zero-order chi connectivity index (χ0) is 24.1. The Bertz CT molecular complexity index is 1070. The standard InChI is InChI=1S/C23H30ClN3O4S/c1-6-25-23(29)18(4)26(14-19-9-11-20(24)12-10-19)22(28)15-27(32(5,30)31)21-13-16(2)7-8-17(21)3/h7-13,18H,6,14-15H2,1-5H3,(H,25,29)/t18-/m0/s1. The van der Waals surface area contributed by atoms with Gasteiger partial charge in [0.2, 0.25) is 21.8 Å². The lowest BCUT2D eigenvalue weighted by Crippen LogP contribution is -2.51. The van der Waals surface area contributed by atoms with Gasteiger partial charge in [-0.05, 0) is 62.6 Å². The minimum atomic E-state index is -3.75. The number of hydrogen-bond donors (Lipinski definition) is 1. The summed E-state index contributed by atoms with van der Waals surface area (Å²) in [4.78, 5) is 27.3. The normalized spacial score (nSPS) is 12.2. The van der Waals surface area contributed by atoms with Gasteiger partial charge in [-0.2, -0.15) is 0 Å². The number of benzene rings is 2. The third-order valence-electron chi connectivity index (χ3n) is 5.10. The molecule has 1 atom stereocenters. The molecule has 0 heterocycles. The third kappa shape index (κ3) is 6.71. The number of anilines is 1. The molecule has 0 saturated heterocycles. The number of carbonyl (C=O) groups is 2. The van der Waals surface area contributed by atoms with Gasteiger partial charge in [0.1, 0.15) is 12.6 Å². The van der Waals surface area contributed by atoms with Crippen molar-refractivity contribution in [2.75, 3.05) is 23.7 Å². The van der Waals surface area contributed by atoms with E-state index in [4.69, 9.17) is 11.6 Å². The maximum atomic E-state index is 13.4. The molecular formula is C23H30ClN3O4S. The molecule has 0 aliphatic heterocycles. The van der Waals surface area contributed by atoms with Crippen LogP contribution >= 0.6 is 11.6 Å². The highest BCUT2D eigenvalue weighted by atomic mass is 35.5. The molecule has 174 valence electrons. The molecule has 0 bridgehead atoms. The van der Waals surface area contributed by atoms with Crippen LogP contribution in [-0.4, -0.2) is 50.5 Å². The number of nitrogens with zero attached hydrogens (tertiary/aromatic N) is 2. The van der Waals surface area contributed by atoms with Gasteiger partial charge in [-0.15, -0.1) is 0 Å². The summed E-state index contributed by atoms with van der Waals surface area (Å²) in [7, 11) is -3.75. The first-order valence-electron chi connectivity index (χ1n) is 10.3. The Morgan fingerprint density at radius 1 is 1.09 bits per heavy atom. The van der Waals surface area contributed by atoms with E-state index in [2.05, 4.69) is 5.32 Å². The van der Waals surface area contributed by atoms with E-state index in [1.807, 2.05) is 19.1 Å². The minimum absolute atomic E-state index is 0.138. The van der Waals surface area contributed by atoms with Gasteiger partial charge in [-0.1, -0.05) is 35.9 Å². The lowest BCUT2D eigenvalue weighted by Gasteiger charge is -2.32. The van der Waals surface area contributed by atoms with E-state index < -0.39 is 28.5 Å². The van der Waals surface area contributed by atoms with Crippen LogP contribution in [0.25, 0.3) is 0 Å². The summed E-state index contributed by atoms with van der Waals surface area (Å²) in [6.45, 7) is 7.21. The van der Waals surface area contributed by atoms with Crippen LogP contribution in [-0.2, 0) is 26.2 Å². The molecule has 2 amide bonds. The van der Waals surface area contributed by atoms with Crippen LogP contribution in [0.5, 0.6) is 0 Å². The summed E-state index contributed by atoms with van der Waals surface area (Å²) in [5, 5.41) is 3.28. The molecule has 7 nitrogen and oxygen atoms in total. The fourth-order valence-electron chi connectivity index (χ4n) is 3.27. The summed E-state index contributed by atoms with van der Waals surface area (Å²) in [5.74, 6) is -0.794. The Morgan fingerprint density at radius 3 is 2.28 bits per heavy atom. The van der Waals surface area contributed by atoms with Crippen molar-refractivity contribution in [3.05, 3.63) is 64.2 Å². The van der Waals surface area contributed by atoms with Gasteiger partial charge >= 0.3 is 0 Å². The van der Waals surface area contributed by atoms with Gasteiger partial charge in [-0.25, -0.2) is 8.42 Å². The Kier molecular flexibility index (Phi) is 8.69. The quantitative estimate of drug-likeness (QED) is 0.598. The third-order valence-corrected chi connectivity index (χ3v) is 6.48. The predicted molar refractivity (Wildman–Crippen MR) is 128 cm³/mol. The van der Waals surface area contributed by atoms with E-state index in [9.17, 15) is 18.0 Å². The molecule has 2 aromatic carbocycles. The smallest absolute Gasteiger partial charge is 0.244 e. The van der Waals surface area contributed by atoms with E-state index in [1.54, 1.807) is 51.1 Å². The molecule has 0 unspecified atom stereocenters. The van der Waals surface area contributed by atoms with Crippen molar-refractivity contribution < 1.29 is 18.0 Å². The second-order valence-electron chi connectivity index (χ2n) is 7.78. The van der Waals surface area contributed by atoms with E-state index in [-0.39, 0.29) is 12.5 Å². The summed E-state index contributed by atoms with van der Waals surface area (Å²) >= 11 is 5.96. The number of halogens is 1. The summed E-state index contributed by atoms with van der Waals surface area (Å²) in [6, 6.07) is 11.6. The molecule has 0 saturated carbocycles. The number of hydrogen-bond acceptors (Lipinski definition) is 4. The van der Waals surface area contributed by atoms with Crippen molar-refractivity contribution in [3.63, 3.8) is 0 Å². The fourth-order valence-corrected chi connectivity index (χ4v) is 4.30. The zero-order valence-electron chi connectivity index (χ0n) is 19.1. The number of likely N-dealkylation sites (N-methyl/N-ethyl adjacent to an activating group) is 1. The van der Waals surface area contributed by atoms with Gasteiger partial charge in [0.25, 0.3) is 0 Å². The molecule has 0 radical (unpaired) electrons. The number of carbonyl (C=O) groups excluding carboxylic acids is 2. The highest BCUT2D eigenvalue weighted by molar-refractivity contribution is 7.92. The lowest BCUT2D eigenvalue weighted by atomic mass is 10.1. The van der Waals surface area contributed by atoms with Crippen LogP contribution in [0.4, 0.5) is 5.69 Å². The first-order chi connectivity index (χ1) is 14.9. The number of sulfonamides is 1. The van der Waals surface area contributed by atoms with Crippen LogP contribution in [0.3, 0.4) is 0 Å². The van der Waals surface area contributed by atoms with Crippen molar-refractivity contribution in [1.29, 1.82) is 0 Å². The van der Waals surface area contributed by atoms with E-state index >= 15 is 0 Å². The Balaban J connectivity index is 2.42. The minimum Gasteiger partial charge on any atom is -0.355 e. The molecule has 9 heteroatoms. The molecule has 0 spiro atoms. The second kappa shape index (κ2) is 10.8. The topological polar surface area (TPSA) is 86.8 Å². The molecular weight excluding hydrogens is 450 g/mol. The van der Waals surface area contributed by atoms with Crippen LogP contribution < -0.4 is 9.62 Å². The summed E-state index contributed by atoms with van der Waals surface area (Å²) in [5.41, 5.74) is 2.82. The Hall–Kier alpha value is -2.58. The van der Waals surface area contributed by atoms with Crippen LogP contribution in [0.2, 0.25) is 5.02 Å². The number of nitrogens with one attached hydrogen (secondary N) is 1. The van der Waals surface area contributed by atoms with Crippen molar-refractivity contribution in [3.8, 4) is 0 Å². The predicted octanol–water partition coefficient (Wildman–Crippen LogP) is 3.28. The average Bonchev–Trinajstić information content (AvgIpc) is 2.72. The molecule has 0 aliphatic carbocycles. The van der Waals surface area contributed by atoms with Gasteiger partial charge < -0.3 is 10.2 Å². The first-order valence-corrected chi connectivity index (χ1v) is 12.5. The second-order valence-corrected chi connectivity index (χ2v) is 10.1. The Labute approximate surface area is 195 Å². The van der Waals surface area contributed by atoms with Gasteiger partial charge in [-0.3, -0.25) is 13.9 Å². The summed E-state index contributed by atoms with van der Waals surface area (Å²) in [6.07, 6.45) is 1.07. The lowest BCUT2D eigenvalue weighted by molar-refractivity contribution is -0.139. The molecule has 0 aromatic heterocycles. The molecule has 0 aliphatic rings. The number of aryl methyl sites for hydroxylation is 2. The number of amides is 2.